The average molecular weight is 248 g/mol. The zero-order valence-corrected chi connectivity index (χ0v) is 9.75. The minimum Gasteiger partial charge on any atom is -0.468 e. The van der Waals surface area contributed by atoms with Gasteiger partial charge in [-0.05, 0) is 11.6 Å². The Hall–Kier alpha value is -2.37. The number of nitrogens with one attached hydrogen (secondary N) is 1. The predicted molar refractivity (Wildman–Crippen MR) is 64.9 cm³/mol. The van der Waals surface area contributed by atoms with Gasteiger partial charge in [0.05, 0.1) is 7.11 Å². The van der Waals surface area contributed by atoms with Crippen LogP contribution in [0, 0.1) is 10.1 Å². The van der Waals surface area contributed by atoms with Gasteiger partial charge in [-0.15, -0.1) is 0 Å². The highest BCUT2D eigenvalue weighted by atomic mass is 16.6. The monoisotopic (exact) mass is 248 g/mol. The summed E-state index contributed by atoms with van der Waals surface area (Å²) >= 11 is 0. The largest absolute Gasteiger partial charge is 0.468 e. The molecule has 1 aromatic heterocycles. The normalized spacial score (nSPS) is 12.3. The van der Waals surface area contributed by atoms with Gasteiger partial charge in [0.15, 0.2) is 0 Å². The van der Waals surface area contributed by atoms with Gasteiger partial charge >= 0.3 is 5.97 Å². The van der Waals surface area contributed by atoms with E-state index in [0.29, 0.717) is 5.56 Å². The molecule has 2 rings (SSSR count). The van der Waals surface area contributed by atoms with Crippen molar-refractivity contribution in [2.24, 2.45) is 0 Å². The smallest absolute Gasteiger partial charge is 0.319 e. The van der Waals surface area contributed by atoms with Crippen LogP contribution < -0.4 is 0 Å². The molecule has 1 atom stereocenters. The summed E-state index contributed by atoms with van der Waals surface area (Å²) in [7, 11) is 1.23. The Morgan fingerprint density at radius 1 is 1.50 bits per heavy atom. The van der Waals surface area contributed by atoms with Gasteiger partial charge in [0.25, 0.3) is 0 Å². The number of H-pyrrole nitrogens is 1. The molecule has 0 radical (unpaired) electrons. The lowest BCUT2D eigenvalue weighted by Crippen LogP contribution is -2.22. The van der Waals surface area contributed by atoms with E-state index in [1.54, 1.807) is 6.20 Å². The first kappa shape index (κ1) is 12.1. The molecule has 18 heavy (non-hydrogen) atoms. The summed E-state index contributed by atoms with van der Waals surface area (Å²) in [5.41, 5.74) is 1.43. The zero-order chi connectivity index (χ0) is 13.1. The van der Waals surface area contributed by atoms with Crippen LogP contribution in [-0.2, 0) is 9.53 Å². The molecule has 0 bridgehead atoms. The lowest BCUT2D eigenvalue weighted by Gasteiger charge is -2.09. The van der Waals surface area contributed by atoms with E-state index in [4.69, 9.17) is 0 Å². The molecule has 1 N–H and O–H groups in total. The van der Waals surface area contributed by atoms with E-state index < -0.39 is 23.4 Å². The van der Waals surface area contributed by atoms with Gasteiger partial charge in [0, 0.05) is 22.0 Å². The number of esters is 1. The number of nitro groups is 1. The van der Waals surface area contributed by atoms with Crippen LogP contribution in [0.15, 0.2) is 30.5 Å². The Morgan fingerprint density at radius 2 is 2.22 bits per heavy atom. The molecule has 0 aliphatic carbocycles. The topological polar surface area (TPSA) is 85.2 Å². The van der Waals surface area contributed by atoms with Crippen molar-refractivity contribution in [2.75, 3.05) is 13.7 Å². The van der Waals surface area contributed by atoms with Crippen LogP contribution in [0.25, 0.3) is 10.9 Å². The van der Waals surface area contributed by atoms with Crippen molar-refractivity contribution in [1.82, 2.24) is 4.98 Å². The van der Waals surface area contributed by atoms with E-state index >= 15 is 0 Å². The molecule has 0 aliphatic rings. The van der Waals surface area contributed by atoms with Crippen molar-refractivity contribution in [3.63, 3.8) is 0 Å². The van der Waals surface area contributed by atoms with Crippen molar-refractivity contribution in [1.29, 1.82) is 0 Å². The number of para-hydroxylation sites is 1. The molecule has 0 spiro atoms. The maximum atomic E-state index is 11.6. The first-order valence-electron chi connectivity index (χ1n) is 5.39. The maximum absolute atomic E-state index is 11.6. The quantitative estimate of drug-likeness (QED) is 0.507. The average Bonchev–Trinajstić information content (AvgIpc) is 2.78. The number of nitrogens with zero attached hydrogens (tertiary/aromatic N) is 1. The summed E-state index contributed by atoms with van der Waals surface area (Å²) in [4.78, 5) is 24.8. The van der Waals surface area contributed by atoms with Crippen LogP contribution >= 0.6 is 0 Å². The Labute approximate surface area is 103 Å². The molecule has 94 valence electrons. The highest BCUT2D eigenvalue weighted by Gasteiger charge is 2.29. The number of hydrogen-bond donors (Lipinski definition) is 1. The molecule has 6 heteroatoms. The van der Waals surface area contributed by atoms with Crippen LogP contribution in [0.4, 0.5) is 0 Å². The number of carbonyl (C=O) groups is 1. The van der Waals surface area contributed by atoms with Gasteiger partial charge in [0.2, 0.25) is 6.54 Å². The summed E-state index contributed by atoms with van der Waals surface area (Å²) in [5.74, 6) is -1.49. The Balaban J connectivity index is 2.47. The predicted octanol–water partition coefficient (Wildman–Crippen LogP) is 1.70. The highest BCUT2D eigenvalue weighted by molar-refractivity contribution is 5.89. The lowest BCUT2D eigenvalue weighted by atomic mass is 9.99. The number of hydrogen-bond acceptors (Lipinski definition) is 4. The molecule has 0 aliphatic heterocycles. The number of methoxy groups -OCH3 is 1. The molecule has 0 saturated heterocycles. The van der Waals surface area contributed by atoms with Crippen LogP contribution in [-0.4, -0.2) is 29.5 Å². The molecular formula is C12H12N2O4. The highest BCUT2D eigenvalue weighted by Crippen LogP contribution is 2.26. The molecule has 1 unspecified atom stereocenters. The second kappa shape index (κ2) is 4.87. The zero-order valence-electron chi connectivity index (χ0n) is 9.75. The number of aromatic nitrogens is 1. The van der Waals surface area contributed by atoms with E-state index in [1.165, 1.54) is 7.11 Å². The summed E-state index contributed by atoms with van der Waals surface area (Å²) < 4.78 is 4.63. The van der Waals surface area contributed by atoms with Crippen LogP contribution in [0.5, 0.6) is 0 Å². The molecular weight excluding hydrogens is 236 g/mol. The Bertz CT molecular complexity index is 591. The summed E-state index contributed by atoms with van der Waals surface area (Å²) in [6, 6.07) is 7.33. The van der Waals surface area contributed by atoms with Gasteiger partial charge in [-0.25, -0.2) is 0 Å². The van der Waals surface area contributed by atoms with E-state index in [2.05, 4.69) is 9.72 Å². The molecule has 1 aromatic carbocycles. The second-order valence-corrected chi connectivity index (χ2v) is 3.88. The van der Waals surface area contributed by atoms with Gasteiger partial charge in [-0.3, -0.25) is 14.9 Å². The first-order valence-corrected chi connectivity index (χ1v) is 5.39. The SMILES string of the molecule is COC(=O)C(C[N+](=O)[O-])c1c[nH]c2ccccc12. The van der Waals surface area contributed by atoms with Gasteiger partial charge < -0.3 is 9.72 Å². The first-order chi connectivity index (χ1) is 8.63. The van der Waals surface area contributed by atoms with Crippen molar-refractivity contribution in [2.45, 2.75) is 5.92 Å². The number of fused-ring (bicyclic) bond motifs is 1. The van der Waals surface area contributed by atoms with E-state index in [-0.39, 0.29) is 0 Å². The number of carbonyl (C=O) groups excluding carboxylic acids is 1. The maximum Gasteiger partial charge on any atom is 0.319 e. The third-order valence-corrected chi connectivity index (χ3v) is 2.81. The van der Waals surface area contributed by atoms with Crippen molar-refractivity contribution in [3.05, 3.63) is 46.1 Å². The minimum absolute atomic E-state index is 0.478. The standard InChI is InChI=1S/C12H12N2O4/c1-18-12(15)10(7-14(16)17)9-6-13-11-5-3-2-4-8(9)11/h2-6,10,13H,7H2,1H3. The second-order valence-electron chi connectivity index (χ2n) is 3.88. The molecule has 2 aromatic rings. The van der Waals surface area contributed by atoms with Crippen molar-refractivity contribution < 1.29 is 14.5 Å². The minimum atomic E-state index is -0.888. The van der Waals surface area contributed by atoms with E-state index in [1.807, 2.05) is 24.3 Å². The fraction of sp³-hybridized carbons (Fsp3) is 0.250. The molecule has 1 heterocycles. The third kappa shape index (κ3) is 2.17. The Kier molecular flexibility index (Phi) is 3.27. The number of aromatic amines is 1. The number of ether oxygens (including phenoxy) is 1. The fourth-order valence-electron chi connectivity index (χ4n) is 1.97. The number of benzene rings is 1. The Morgan fingerprint density at radius 3 is 2.89 bits per heavy atom. The van der Waals surface area contributed by atoms with Crippen molar-refractivity contribution in [3.8, 4) is 0 Å². The number of rotatable bonds is 4. The van der Waals surface area contributed by atoms with Gasteiger partial charge in [-0.2, -0.15) is 0 Å². The fourth-order valence-corrected chi connectivity index (χ4v) is 1.97. The van der Waals surface area contributed by atoms with Crippen LogP contribution in [0.3, 0.4) is 0 Å². The van der Waals surface area contributed by atoms with Crippen LogP contribution in [0.1, 0.15) is 11.5 Å². The third-order valence-electron chi connectivity index (χ3n) is 2.81. The molecule has 0 amide bonds. The summed E-state index contributed by atoms with van der Waals surface area (Å²) in [5, 5.41) is 11.4. The lowest BCUT2D eigenvalue weighted by molar-refractivity contribution is -0.481. The van der Waals surface area contributed by atoms with Crippen LogP contribution in [0.2, 0.25) is 0 Å². The van der Waals surface area contributed by atoms with Crippen molar-refractivity contribution >= 4 is 16.9 Å². The molecule has 0 fully saturated rings. The van der Waals surface area contributed by atoms with Gasteiger partial charge in [-0.1, -0.05) is 18.2 Å². The summed E-state index contributed by atoms with van der Waals surface area (Å²) in [6.45, 7) is -0.478. The molecule has 6 nitrogen and oxygen atoms in total. The van der Waals surface area contributed by atoms with E-state index in [9.17, 15) is 14.9 Å². The van der Waals surface area contributed by atoms with Gasteiger partial charge in [0.1, 0.15) is 5.92 Å². The summed E-state index contributed by atoms with van der Waals surface area (Å²) in [6.07, 6.45) is 1.62. The molecule has 0 saturated carbocycles. The van der Waals surface area contributed by atoms with E-state index in [0.717, 1.165) is 10.9 Å².